The van der Waals surface area contributed by atoms with E-state index in [2.05, 4.69) is 64.7 Å². The number of esters is 2. The SMILES string of the molecule is C=C(CNCCC(=O)OCC)[C@@H]1CC[C@]2(C(=O)O)CC[C@]3(C)[C@H](CC[C@@H]4[C@@]5(C)CC=C(c6ccc(C(=O)OC(C)(C)C)cc6)C(C)(C)[C@@H]5CC[C@]43C)[C@@H]12. The van der Waals surface area contributed by atoms with Gasteiger partial charge in [0.1, 0.15) is 5.60 Å². The molecule has 0 aliphatic heterocycles. The number of nitrogens with one attached hydrogen (secondary N) is 1. The number of hydrogen-bond donors (Lipinski definition) is 2. The van der Waals surface area contributed by atoms with E-state index in [1.807, 2.05) is 39.8 Å². The van der Waals surface area contributed by atoms with Crippen LogP contribution < -0.4 is 5.32 Å². The van der Waals surface area contributed by atoms with E-state index in [1.54, 1.807) is 0 Å². The number of aliphatic carboxylic acids is 1. The second-order valence-corrected chi connectivity index (χ2v) is 19.8. The van der Waals surface area contributed by atoms with Crippen LogP contribution in [0.4, 0.5) is 0 Å². The Morgan fingerprint density at radius 2 is 1.60 bits per heavy atom. The van der Waals surface area contributed by atoms with Crippen LogP contribution in [0.3, 0.4) is 0 Å². The molecule has 1 aromatic rings. The van der Waals surface area contributed by atoms with Crippen molar-refractivity contribution in [3.63, 3.8) is 0 Å². The molecule has 0 amide bonds. The Labute approximate surface area is 319 Å². The van der Waals surface area contributed by atoms with Crippen molar-refractivity contribution in [3.05, 3.63) is 53.6 Å². The van der Waals surface area contributed by atoms with Gasteiger partial charge in [-0.15, -0.1) is 0 Å². The van der Waals surface area contributed by atoms with E-state index in [9.17, 15) is 19.5 Å². The summed E-state index contributed by atoms with van der Waals surface area (Å²) in [6, 6.07) is 8.04. The molecule has 6 rings (SSSR count). The number of carboxylic acids is 1. The van der Waals surface area contributed by atoms with Gasteiger partial charge in [-0.25, -0.2) is 4.79 Å². The van der Waals surface area contributed by atoms with Crippen molar-refractivity contribution in [1.82, 2.24) is 5.32 Å². The van der Waals surface area contributed by atoms with Crippen molar-refractivity contribution in [2.75, 3.05) is 19.7 Å². The normalized spacial score (nSPS) is 37.2. The Balaban J connectivity index is 1.25. The summed E-state index contributed by atoms with van der Waals surface area (Å²) in [5.41, 5.74) is 3.27. The number of hydrogen-bond acceptors (Lipinski definition) is 6. The second kappa shape index (κ2) is 14.0. The average molecular weight is 730 g/mol. The molecule has 0 radical (unpaired) electrons. The van der Waals surface area contributed by atoms with E-state index in [1.165, 1.54) is 11.1 Å². The van der Waals surface area contributed by atoms with E-state index in [0.29, 0.717) is 49.4 Å². The van der Waals surface area contributed by atoms with Crippen molar-refractivity contribution in [2.45, 2.75) is 132 Å². The van der Waals surface area contributed by atoms with Gasteiger partial charge in [0.05, 0.1) is 24.0 Å². The summed E-state index contributed by atoms with van der Waals surface area (Å²) in [7, 11) is 0. The lowest BCUT2D eigenvalue weighted by atomic mass is 9.32. The topological polar surface area (TPSA) is 102 Å². The molecule has 53 heavy (non-hydrogen) atoms. The number of carbonyl (C=O) groups is 3. The molecule has 5 aliphatic rings. The minimum atomic E-state index is -0.684. The van der Waals surface area contributed by atoms with Crippen LogP contribution in [0.1, 0.15) is 142 Å². The smallest absolute Gasteiger partial charge is 0.338 e. The van der Waals surface area contributed by atoms with Crippen molar-refractivity contribution in [3.8, 4) is 0 Å². The number of rotatable bonds is 10. The molecular formula is C46H67NO6. The van der Waals surface area contributed by atoms with Crippen LogP contribution >= 0.6 is 0 Å². The minimum Gasteiger partial charge on any atom is -0.481 e. The maximum absolute atomic E-state index is 13.3. The highest BCUT2D eigenvalue weighted by molar-refractivity contribution is 5.90. The zero-order valence-corrected chi connectivity index (χ0v) is 34.2. The summed E-state index contributed by atoms with van der Waals surface area (Å²) >= 11 is 0. The van der Waals surface area contributed by atoms with Gasteiger partial charge in [0, 0.05) is 13.1 Å². The summed E-state index contributed by atoms with van der Waals surface area (Å²) in [4.78, 5) is 38.0. The molecule has 5 aliphatic carbocycles. The Morgan fingerprint density at radius 1 is 0.906 bits per heavy atom. The van der Waals surface area contributed by atoms with Gasteiger partial charge >= 0.3 is 17.9 Å². The van der Waals surface area contributed by atoms with Gasteiger partial charge in [-0.1, -0.05) is 65.0 Å². The zero-order chi connectivity index (χ0) is 38.8. The second-order valence-electron chi connectivity index (χ2n) is 19.8. The predicted octanol–water partition coefficient (Wildman–Crippen LogP) is 9.90. The Hall–Kier alpha value is -2.93. The van der Waals surface area contributed by atoms with Crippen LogP contribution in [0.15, 0.2) is 42.5 Å². The lowest BCUT2D eigenvalue weighted by Gasteiger charge is -2.72. The minimum absolute atomic E-state index is 0.0410. The van der Waals surface area contributed by atoms with Crippen molar-refractivity contribution < 1.29 is 29.0 Å². The molecule has 2 N–H and O–H groups in total. The van der Waals surface area contributed by atoms with Crippen molar-refractivity contribution in [1.29, 1.82) is 0 Å². The molecule has 0 unspecified atom stereocenters. The van der Waals surface area contributed by atoms with Crippen molar-refractivity contribution >= 4 is 23.5 Å². The van der Waals surface area contributed by atoms with Crippen LogP contribution in [-0.4, -0.2) is 48.3 Å². The first kappa shape index (κ1) is 39.8. The maximum Gasteiger partial charge on any atom is 0.338 e. The summed E-state index contributed by atoms with van der Waals surface area (Å²) in [5, 5.41) is 14.4. The first-order valence-corrected chi connectivity index (χ1v) is 20.6. The Morgan fingerprint density at radius 3 is 2.25 bits per heavy atom. The lowest BCUT2D eigenvalue weighted by Crippen LogP contribution is -2.66. The average Bonchev–Trinajstić information content (AvgIpc) is 3.48. The highest BCUT2D eigenvalue weighted by atomic mass is 16.6. The number of fused-ring (bicyclic) bond motifs is 7. The first-order valence-electron chi connectivity index (χ1n) is 20.6. The molecule has 0 spiro atoms. The lowest BCUT2D eigenvalue weighted by molar-refractivity contribution is -0.228. The molecule has 4 saturated carbocycles. The van der Waals surface area contributed by atoms with E-state index >= 15 is 0 Å². The molecule has 4 fully saturated rings. The molecule has 0 bridgehead atoms. The standard InChI is InChI=1S/C46H67NO6/c1-11-52-37(48)21-27-47-28-29(2)32-18-24-46(40(50)51)26-25-44(9)34(38(32)46)16-17-36-43(8)22-19-33(42(6,7)35(43)20-23-45(36,44)10)30-12-14-31(15-13-30)39(49)53-41(3,4)5/h12-15,19,32,34-36,38,47H,2,11,16-18,20-28H2,1,3-10H3,(H,50,51)/t32-,34+,35-,36+,38+,43-,44+,45+,46-/m0/s1. The van der Waals surface area contributed by atoms with Crippen molar-refractivity contribution in [2.24, 2.45) is 56.7 Å². The van der Waals surface area contributed by atoms with Gasteiger partial charge in [-0.2, -0.15) is 0 Å². The summed E-state index contributed by atoms with van der Waals surface area (Å²) in [6.45, 7) is 26.2. The van der Waals surface area contributed by atoms with Gasteiger partial charge in [0.2, 0.25) is 0 Å². The quantitative estimate of drug-likeness (QED) is 0.140. The highest BCUT2D eigenvalue weighted by Gasteiger charge is 2.71. The third-order valence-corrected chi connectivity index (χ3v) is 16.0. The van der Waals surface area contributed by atoms with Crippen LogP contribution in [0.25, 0.3) is 5.57 Å². The fourth-order valence-corrected chi connectivity index (χ4v) is 13.4. The number of carbonyl (C=O) groups excluding carboxylic acids is 2. The van der Waals surface area contributed by atoms with E-state index in [-0.39, 0.29) is 45.4 Å². The number of ether oxygens (including phenoxy) is 2. The molecule has 0 heterocycles. The van der Waals surface area contributed by atoms with Gasteiger partial charge in [0.25, 0.3) is 0 Å². The Kier molecular flexibility index (Phi) is 10.5. The molecule has 7 nitrogen and oxygen atoms in total. The molecule has 9 atom stereocenters. The predicted molar refractivity (Wildman–Crippen MR) is 210 cm³/mol. The molecule has 1 aromatic carbocycles. The molecule has 292 valence electrons. The summed E-state index contributed by atoms with van der Waals surface area (Å²) in [6.07, 6.45) is 11.7. The number of allylic oxidation sites excluding steroid dienone is 2. The third-order valence-electron chi connectivity index (χ3n) is 16.0. The first-order chi connectivity index (χ1) is 24.7. The van der Waals surface area contributed by atoms with Crippen LogP contribution in [0.2, 0.25) is 0 Å². The highest BCUT2D eigenvalue weighted by Crippen LogP contribution is 2.77. The van der Waals surface area contributed by atoms with E-state index in [4.69, 9.17) is 9.47 Å². The van der Waals surface area contributed by atoms with E-state index in [0.717, 1.165) is 63.4 Å². The summed E-state index contributed by atoms with van der Waals surface area (Å²) in [5.74, 6) is 0.552. The van der Waals surface area contributed by atoms with E-state index < -0.39 is 17.0 Å². The van der Waals surface area contributed by atoms with Gasteiger partial charge in [0.15, 0.2) is 0 Å². The summed E-state index contributed by atoms with van der Waals surface area (Å²) < 4.78 is 10.7. The fraction of sp³-hybridized carbons (Fsp3) is 0.717. The molecular weight excluding hydrogens is 663 g/mol. The monoisotopic (exact) mass is 729 g/mol. The largest absolute Gasteiger partial charge is 0.481 e. The van der Waals surface area contributed by atoms with Crippen LogP contribution in [0, 0.1) is 56.7 Å². The number of carboxylic acid groups (broad SMARTS) is 1. The molecule has 7 heteroatoms. The van der Waals surface area contributed by atoms with Gasteiger partial charge < -0.3 is 19.9 Å². The Bertz CT molecular complexity index is 1640. The van der Waals surface area contributed by atoms with Crippen LogP contribution in [-0.2, 0) is 19.1 Å². The van der Waals surface area contributed by atoms with Gasteiger partial charge in [-0.05, 0) is 160 Å². The number of benzene rings is 1. The fourth-order valence-electron chi connectivity index (χ4n) is 13.4. The van der Waals surface area contributed by atoms with Gasteiger partial charge in [-0.3, -0.25) is 9.59 Å². The maximum atomic E-state index is 13.3. The molecule has 0 aromatic heterocycles. The zero-order valence-electron chi connectivity index (χ0n) is 34.2. The molecule has 0 saturated heterocycles. The third kappa shape index (κ3) is 6.53. The van der Waals surface area contributed by atoms with Crippen LogP contribution in [0.5, 0.6) is 0 Å².